The molecule has 3 aromatic heterocycles. The number of halogens is 1. The average molecular weight is 491 g/mol. The maximum atomic E-state index is 13.3. The van der Waals surface area contributed by atoms with Crippen LogP contribution in [0.4, 0.5) is 10.2 Å². The Balaban J connectivity index is 1.60. The molecular weight excluding hydrogens is 473 g/mol. The van der Waals surface area contributed by atoms with E-state index in [1.54, 1.807) is 0 Å². The lowest BCUT2D eigenvalue weighted by Gasteiger charge is -2.33. The molecule has 0 atom stereocenters. The smallest absolute Gasteiger partial charge is 0.302 e. The van der Waals surface area contributed by atoms with E-state index in [1.165, 1.54) is 70.5 Å². The molecule has 0 radical (unpaired) electrons. The highest BCUT2D eigenvalue weighted by Crippen LogP contribution is 2.29. The maximum Gasteiger partial charge on any atom is 0.302 e. The van der Waals surface area contributed by atoms with Crippen LogP contribution in [0.3, 0.4) is 0 Å². The van der Waals surface area contributed by atoms with Crippen molar-refractivity contribution in [1.82, 2.24) is 9.47 Å². The molecule has 0 bridgehead atoms. The van der Waals surface area contributed by atoms with Crippen LogP contribution in [-0.2, 0) is 13.1 Å². The van der Waals surface area contributed by atoms with Gasteiger partial charge in [0.05, 0.1) is 12.5 Å². The van der Waals surface area contributed by atoms with Crippen LogP contribution in [0, 0.1) is 5.82 Å². The summed E-state index contributed by atoms with van der Waals surface area (Å²) in [5.74, 6) is -4.35. The molecule has 0 spiro atoms. The fraction of sp³-hybridized carbons (Fsp3) is 0.120. The number of amides is 3. The number of carbonyl (C=O) groups is 3. The number of aromatic nitrogens is 1. The fourth-order valence-electron chi connectivity index (χ4n) is 4.01. The summed E-state index contributed by atoms with van der Waals surface area (Å²) < 4.78 is 24.8. The zero-order valence-electron chi connectivity index (χ0n) is 18.6. The van der Waals surface area contributed by atoms with Crippen LogP contribution in [0.1, 0.15) is 37.2 Å². The molecule has 36 heavy (non-hydrogen) atoms. The van der Waals surface area contributed by atoms with Crippen LogP contribution in [0.15, 0.2) is 80.8 Å². The highest BCUT2D eigenvalue weighted by molar-refractivity contribution is 6.24. The van der Waals surface area contributed by atoms with Gasteiger partial charge in [0.2, 0.25) is 5.43 Å². The van der Waals surface area contributed by atoms with E-state index < -0.39 is 34.7 Å². The van der Waals surface area contributed by atoms with Gasteiger partial charge in [0.15, 0.2) is 23.0 Å². The molecule has 0 unspecified atom stereocenters. The number of hydrogen-bond donors (Lipinski definition) is 1. The van der Waals surface area contributed by atoms with Gasteiger partial charge in [-0.05, 0) is 42.0 Å². The first-order valence-electron chi connectivity index (χ1n) is 10.8. The number of imide groups is 1. The number of nitrogens with zero attached hydrogens (tertiary/aromatic N) is 3. The molecule has 3 amide bonds. The molecule has 4 heterocycles. The molecule has 0 saturated heterocycles. The van der Waals surface area contributed by atoms with Crippen molar-refractivity contribution in [2.45, 2.75) is 13.1 Å². The number of rotatable bonds is 5. The van der Waals surface area contributed by atoms with Gasteiger partial charge in [-0.1, -0.05) is 12.1 Å². The molecule has 11 heteroatoms. The van der Waals surface area contributed by atoms with Gasteiger partial charge in [-0.2, -0.15) is 0 Å². The van der Waals surface area contributed by atoms with Crippen molar-refractivity contribution in [1.29, 1.82) is 0 Å². The molecule has 10 nitrogen and oxygen atoms in total. The van der Waals surface area contributed by atoms with Gasteiger partial charge in [0.25, 0.3) is 5.91 Å². The molecule has 0 saturated carbocycles. The number of anilines is 1. The van der Waals surface area contributed by atoms with Gasteiger partial charge in [-0.25, -0.2) is 9.29 Å². The van der Waals surface area contributed by atoms with Gasteiger partial charge in [-0.15, -0.1) is 0 Å². The predicted molar refractivity (Wildman–Crippen MR) is 122 cm³/mol. The molecule has 1 aliphatic heterocycles. The van der Waals surface area contributed by atoms with Crippen molar-refractivity contribution in [2.75, 3.05) is 11.4 Å². The first kappa shape index (κ1) is 22.8. The van der Waals surface area contributed by atoms with E-state index >= 15 is 0 Å². The number of carbonyl (C=O) groups excluding carboxylic acids is 3. The van der Waals surface area contributed by atoms with E-state index in [0.29, 0.717) is 10.5 Å². The van der Waals surface area contributed by atoms with E-state index in [1.807, 2.05) is 0 Å². The minimum Gasteiger partial charge on any atom is -0.503 e. The molecule has 5 rings (SSSR count). The molecular formula is C25H18FN3O7. The quantitative estimate of drug-likeness (QED) is 0.425. The number of aromatic hydroxyl groups is 1. The standard InChI is InChI=1S/C25H18FN3O7/c26-16-7-5-15(6-8-16)14-27-9-10-28-20(13-17(30)22(31)21(28)25(27)34)29(23(32)18-3-1-11-35-18)24(33)19-4-2-12-36-19/h1-8,11-13,31H,9-10,14H2. The minimum atomic E-state index is -0.960. The molecule has 4 aromatic rings. The number of fused-ring (bicyclic) bond motifs is 1. The van der Waals surface area contributed by atoms with Crippen LogP contribution in [0.25, 0.3) is 0 Å². The summed E-state index contributed by atoms with van der Waals surface area (Å²) in [6, 6.07) is 12.1. The Morgan fingerprint density at radius 3 is 2.11 bits per heavy atom. The predicted octanol–water partition coefficient (Wildman–Crippen LogP) is 3.02. The first-order chi connectivity index (χ1) is 17.3. The van der Waals surface area contributed by atoms with E-state index in [9.17, 15) is 28.7 Å². The molecule has 1 N–H and O–H groups in total. The highest BCUT2D eigenvalue weighted by Gasteiger charge is 2.36. The largest absolute Gasteiger partial charge is 0.503 e. The van der Waals surface area contributed by atoms with E-state index in [0.717, 1.165) is 6.07 Å². The number of furan rings is 2. The zero-order chi connectivity index (χ0) is 25.4. The van der Waals surface area contributed by atoms with E-state index in [4.69, 9.17) is 8.83 Å². The Morgan fingerprint density at radius 1 is 0.944 bits per heavy atom. The lowest BCUT2D eigenvalue weighted by atomic mass is 10.1. The average Bonchev–Trinajstić information content (AvgIpc) is 3.59. The maximum absolute atomic E-state index is 13.3. The van der Waals surface area contributed by atoms with Gasteiger partial charge in [-0.3, -0.25) is 19.2 Å². The van der Waals surface area contributed by atoms with Crippen LogP contribution < -0.4 is 10.3 Å². The summed E-state index contributed by atoms with van der Waals surface area (Å²) in [7, 11) is 0. The van der Waals surface area contributed by atoms with Gasteiger partial charge in [0.1, 0.15) is 11.6 Å². The van der Waals surface area contributed by atoms with Crippen molar-refractivity contribution >= 4 is 23.5 Å². The summed E-state index contributed by atoms with van der Waals surface area (Å²) >= 11 is 0. The van der Waals surface area contributed by atoms with Crippen molar-refractivity contribution in [3.63, 3.8) is 0 Å². The molecule has 182 valence electrons. The number of hydrogen-bond acceptors (Lipinski definition) is 7. The normalized spacial score (nSPS) is 12.9. The summed E-state index contributed by atoms with van der Waals surface area (Å²) in [5, 5.41) is 10.5. The summed E-state index contributed by atoms with van der Waals surface area (Å²) in [6.07, 6.45) is 2.50. The van der Waals surface area contributed by atoms with Crippen LogP contribution >= 0.6 is 0 Å². The van der Waals surface area contributed by atoms with Crippen molar-refractivity contribution in [3.05, 3.63) is 106 Å². The van der Waals surface area contributed by atoms with Crippen LogP contribution in [0.5, 0.6) is 5.75 Å². The van der Waals surface area contributed by atoms with Crippen molar-refractivity contribution in [3.8, 4) is 5.75 Å². The minimum absolute atomic E-state index is 0.0405. The Morgan fingerprint density at radius 2 is 1.56 bits per heavy atom. The molecule has 0 fully saturated rings. The van der Waals surface area contributed by atoms with Crippen molar-refractivity contribution in [2.24, 2.45) is 0 Å². The van der Waals surface area contributed by atoms with Gasteiger partial charge < -0.3 is 23.4 Å². The lowest BCUT2D eigenvalue weighted by Crippen LogP contribution is -2.45. The molecule has 0 aliphatic carbocycles. The third-order valence-electron chi connectivity index (χ3n) is 5.73. The monoisotopic (exact) mass is 491 g/mol. The number of benzene rings is 1. The Kier molecular flexibility index (Phi) is 5.72. The lowest BCUT2D eigenvalue weighted by molar-refractivity contribution is 0.0680. The molecule has 1 aromatic carbocycles. The second-order valence-corrected chi connectivity index (χ2v) is 7.97. The van der Waals surface area contributed by atoms with E-state index in [-0.39, 0.29) is 42.7 Å². The zero-order valence-corrected chi connectivity index (χ0v) is 18.6. The summed E-state index contributed by atoms with van der Waals surface area (Å²) in [6.45, 7) is 0.256. The van der Waals surface area contributed by atoms with Crippen molar-refractivity contribution < 1.29 is 32.7 Å². The molecule has 1 aliphatic rings. The van der Waals surface area contributed by atoms with Crippen LogP contribution in [-0.4, -0.2) is 38.8 Å². The second-order valence-electron chi connectivity index (χ2n) is 7.97. The Hall–Kier alpha value is -4.93. The fourth-order valence-corrected chi connectivity index (χ4v) is 4.01. The Bertz CT molecular complexity index is 1460. The third kappa shape index (κ3) is 3.96. The van der Waals surface area contributed by atoms with E-state index in [2.05, 4.69) is 0 Å². The van der Waals surface area contributed by atoms with Gasteiger partial charge in [0, 0.05) is 25.7 Å². The SMILES string of the molecule is O=C1c2c(O)c(=O)cc(N(C(=O)c3ccco3)C(=O)c3ccco3)n2CCN1Cc1ccc(F)cc1. The second kappa shape index (κ2) is 9.02. The number of pyridine rings is 1. The highest BCUT2D eigenvalue weighted by atomic mass is 19.1. The first-order valence-corrected chi connectivity index (χ1v) is 10.8. The van der Waals surface area contributed by atoms with Gasteiger partial charge >= 0.3 is 11.8 Å². The van der Waals surface area contributed by atoms with Crippen LogP contribution in [0.2, 0.25) is 0 Å². The summed E-state index contributed by atoms with van der Waals surface area (Å²) in [4.78, 5) is 54.7. The third-order valence-corrected chi connectivity index (χ3v) is 5.73. The Labute approximate surface area is 202 Å². The topological polar surface area (TPSA) is 126 Å². The summed E-state index contributed by atoms with van der Waals surface area (Å²) in [5.41, 5.74) is -0.702.